The Balaban J connectivity index is 1.71. The molecule has 0 aliphatic heterocycles. The van der Waals surface area contributed by atoms with Gasteiger partial charge in [0.15, 0.2) is 5.65 Å². The van der Waals surface area contributed by atoms with E-state index in [-0.39, 0.29) is 5.41 Å². The summed E-state index contributed by atoms with van der Waals surface area (Å²) in [5.74, 6) is 1.68. The summed E-state index contributed by atoms with van der Waals surface area (Å²) >= 11 is 0. The molecule has 2 aliphatic carbocycles. The molecular weight excluding hydrogens is 272 g/mol. The predicted molar refractivity (Wildman–Crippen MR) is 84.0 cm³/mol. The molecule has 110 valence electrons. The van der Waals surface area contributed by atoms with Crippen LogP contribution in [-0.2, 0) is 5.41 Å². The fourth-order valence-electron chi connectivity index (χ4n) is 3.66. The normalized spacial score (nSPS) is 19.5. The minimum absolute atomic E-state index is 0.0485. The van der Waals surface area contributed by atoms with Crippen molar-refractivity contribution in [1.82, 2.24) is 19.6 Å². The predicted octanol–water partition coefficient (Wildman–Crippen LogP) is 3.39. The van der Waals surface area contributed by atoms with Crippen LogP contribution in [0.15, 0.2) is 36.7 Å². The van der Waals surface area contributed by atoms with E-state index in [0.717, 1.165) is 30.0 Å². The first-order valence-electron chi connectivity index (χ1n) is 8.06. The molecule has 2 fully saturated rings. The number of aromatic nitrogens is 4. The summed E-state index contributed by atoms with van der Waals surface area (Å²) in [4.78, 5) is 4.55. The Hall–Kier alpha value is -2.23. The van der Waals surface area contributed by atoms with Crippen LogP contribution < -0.4 is 0 Å². The number of hydrogen-bond acceptors (Lipinski definition) is 3. The van der Waals surface area contributed by atoms with Crippen molar-refractivity contribution < 1.29 is 0 Å². The third-order valence-electron chi connectivity index (χ3n) is 5.16. The zero-order chi connectivity index (χ0) is 14.7. The van der Waals surface area contributed by atoms with Gasteiger partial charge in [-0.05, 0) is 43.7 Å². The number of benzene rings is 1. The van der Waals surface area contributed by atoms with Gasteiger partial charge in [0.1, 0.15) is 5.82 Å². The highest BCUT2D eigenvalue weighted by Gasteiger charge is 2.50. The average molecular weight is 290 g/mol. The molecule has 2 heterocycles. The van der Waals surface area contributed by atoms with Gasteiger partial charge in [0.25, 0.3) is 0 Å². The zero-order valence-corrected chi connectivity index (χ0v) is 12.7. The quantitative estimate of drug-likeness (QED) is 0.742. The minimum Gasteiger partial charge on any atom is -0.283 e. The lowest BCUT2D eigenvalue weighted by atomic mass is 9.91. The summed E-state index contributed by atoms with van der Waals surface area (Å²) in [5.41, 5.74) is 4.87. The van der Waals surface area contributed by atoms with Gasteiger partial charge in [-0.15, -0.1) is 10.2 Å². The van der Waals surface area contributed by atoms with Crippen LogP contribution in [-0.4, -0.2) is 19.6 Å². The molecule has 0 bridgehead atoms. The third kappa shape index (κ3) is 1.61. The van der Waals surface area contributed by atoms with Crippen molar-refractivity contribution in [1.29, 1.82) is 0 Å². The van der Waals surface area contributed by atoms with Gasteiger partial charge in [0.2, 0.25) is 0 Å². The largest absolute Gasteiger partial charge is 0.283 e. The smallest absolute Gasteiger partial charge is 0.182 e. The zero-order valence-electron chi connectivity index (χ0n) is 12.7. The Kier molecular flexibility index (Phi) is 2.33. The van der Waals surface area contributed by atoms with Crippen molar-refractivity contribution in [3.63, 3.8) is 0 Å². The molecule has 0 N–H and O–H groups in total. The van der Waals surface area contributed by atoms with Crippen molar-refractivity contribution in [3.05, 3.63) is 59.3 Å². The molecule has 0 radical (unpaired) electrons. The monoisotopic (exact) mass is 290 g/mol. The Morgan fingerprint density at radius 1 is 1.14 bits per heavy atom. The molecule has 4 nitrogen and oxygen atoms in total. The molecule has 2 aliphatic rings. The maximum atomic E-state index is 4.59. The van der Waals surface area contributed by atoms with Crippen LogP contribution >= 0.6 is 0 Å². The van der Waals surface area contributed by atoms with E-state index in [9.17, 15) is 0 Å². The van der Waals surface area contributed by atoms with Crippen molar-refractivity contribution in [3.8, 4) is 0 Å². The van der Waals surface area contributed by atoms with E-state index in [4.69, 9.17) is 0 Å². The molecule has 22 heavy (non-hydrogen) atoms. The van der Waals surface area contributed by atoms with E-state index < -0.39 is 0 Å². The maximum Gasteiger partial charge on any atom is 0.182 e. The Labute approximate surface area is 129 Å². The minimum atomic E-state index is 0.0485. The molecule has 0 atom stereocenters. The Bertz CT molecular complexity index is 872. The fraction of sp³-hybridized carbons (Fsp3) is 0.389. The van der Waals surface area contributed by atoms with Gasteiger partial charge >= 0.3 is 0 Å². The molecule has 5 rings (SSSR count). The van der Waals surface area contributed by atoms with Crippen molar-refractivity contribution >= 4 is 5.65 Å². The van der Waals surface area contributed by atoms with Crippen LogP contribution in [0.25, 0.3) is 5.65 Å². The van der Waals surface area contributed by atoms with Gasteiger partial charge in [-0.1, -0.05) is 24.3 Å². The van der Waals surface area contributed by atoms with Crippen LogP contribution in [0.4, 0.5) is 0 Å². The van der Waals surface area contributed by atoms with Crippen LogP contribution in [0.1, 0.15) is 54.2 Å². The molecule has 0 spiro atoms. The van der Waals surface area contributed by atoms with Gasteiger partial charge in [0.05, 0.1) is 11.1 Å². The Morgan fingerprint density at radius 2 is 1.95 bits per heavy atom. The standard InChI is InChI=1S/C18H18N4/c1-12-4-2-3-5-14(12)18(8-9-18)17-21-20-16-15(13-6-7-13)19-10-11-22(16)17/h2-5,10-11,13H,6-9H2,1H3. The summed E-state index contributed by atoms with van der Waals surface area (Å²) in [6.45, 7) is 2.19. The van der Waals surface area contributed by atoms with Crippen LogP contribution in [0, 0.1) is 6.92 Å². The molecule has 2 aromatic heterocycles. The molecule has 0 amide bonds. The van der Waals surface area contributed by atoms with Crippen molar-refractivity contribution in [2.75, 3.05) is 0 Å². The molecule has 2 saturated carbocycles. The number of fused-ring (bicyclic) bond motifs is 1. The topological polar surface area (TPSA) is 43.1 Å². The van der Waals surface area contributed by atoms with E-state index in [0.29, 0.717) is 5.92 Å². The van der Waals surface area contributed by atoms with E-state index in [2.05, 4.69) is 50.8 Å². The summed E-state index contributed by atoms with van der Waals surface area (Å²) in [5, 5.41) is 9.08. The summed E-state index contributed by atoms with van der Waals surface area (Å²) < 4.78 is 2.18. The van der Waals surface area contributed by atoms with E-state index >= 15 is 0 Å². The first-order chi connectivity index (χ1) is 10.8. The third-order valence-corrected chi connectivity index (χ3v) is 5.16. The van der Waals surface area contributed by atoms with Gasteiger partial charge in [-0.2, -0.15) is 0 Å². The lowest BCUT2D eigenvalue weighted by Gasteiger charge is -2.16. The molecule has 1 aromatic carbocycles. The van der Waals surface area contributed by atoms with Gasteiger partial charge in [-0.25, -0.2) is 0 Å². The maximum absolute atomic E-state index is 4.59. The van der Waals surface area contributed by atoms with Crippen LogP contribution in [0.5, 0.6) is 0 Å². The highest BCUT2D eigenvalue weighted by molar-refractivity contribution is 5.51. The van der Waals surface area contributed by atoms with E-state index in [1.165, 1.54) is 24.0 Å². The first-order valence-corrected chi connectivity index (χ1v) is 8.06. The highest BCUT2D eigenvalue weighted by atomic mass is 15.3. The summed E-state index contributed by atoms with van der Waals surface area (Å²) in [6.07, 6.45) is 8.70. The van der Waals surface area contributed by atoms with Crippen LogP contribution in [0.2, 0.25) is 0 Å². The van der Waals surface area contributed by atoms with Gasteiger partial charge in [-0.3, -0.25) is 9.38 Å². The van der Waals surface area contributed by atoms with Crippen LogP contribution in [0.3, 0.4) is 0 Å². The van der Waals surface area contributed by atoms with E-state index in [1.807, 2.05) is 12.4 Å². The SMILES string of the molecule is Cc1ccccc1C1(c2nnc3c(C4CC4)nccn23)CC1. The number of rotatable bonds is 3. The second kappa shape index (κ2) is 4.15. The lowest BCUT2D eigenvalue weighted by molar-refractivity contribution is 0.733. The molecular formula is C18H18N4. The number of aryl methyl sites for hydroxylation is 1. The molecule has 3 aromatic rings. The summed E-state index contributed by atoms with van der Waals surface area (Å²) in [7, 11) is 0. The summed E-state index contributed by atoms with van der Waals surface area (Å²) in [6, 6.07) is 8.66. The second-order valence-corrected chi connectivity index (χ2v) is 6.70. The first kappa shape index (κ1) is 12.3. The van der Waals surface area contributed by atoms with E-state index in [1.54, 1.807) is 0 Å². The Morgan fingerprint density at radius 3 is 2.68 bits per heavy atom. The van der Waals surface area contributed by atoms with Gasteiger partial charge in [0, 0.05) is 18.3 Å². The molecule has 4 heteroatoms. The highest BCUT2D eigenvalue weighted by Crippen LogP contribution is 2.53. The number of nitrogens with zero attached hydrogens (tertiary/aromatic N) is 4. The van der Waals surface area contributed by atoms with Gasteiger partial charge < -0.3 is 0 Å². The average Bonchev–Trinajstić information content (AvgIpc) is 3.46. The second-order valence-electron chi connectivity index (χ2n) is 6.70. The lowest BCUT2D eigenvalue weighted by Crippen LogP contribution is -2.15. The van der Waals surface area contributed by atoms with Crippen molar-refractivity contribution in [2.45, 2.75) is 43.9 Å². The van der Waals surface area contributed by atoms with Crippen molar-refractivity contribution in [2.24, 2.45) is 0 Å². The molecule has 0 saturated heterocycles. The number of hydrogen-bond donors (Lipinski definition) is 0. The molecule has 0 unspecified atom stereocenters. The fourth-order valence-corrected chi connectivity index (χ4v) is 3.66.